The van der Waals surface area contributed by atoms with Crippen molar-refractivity contribution in [2.24, 2.45) is 5.92 Å². The fourth-order valence-electron chi connectivity index (χ4n) is 3.64. The van der Waals surface area contributed by atoms with Gasteiger partial charge < -0.3 is 15.0 Å². The van der Waals surface area contributed by atoms with E-state index < -0.39 is 0 Å². The van der Waals surface area contributed by atoms with Gasteiger partial charge in [-0.2, -0.15) is 0 Å². The van der Waals surface area contributed by atoms with Gasteiger partial charge in [-0.25, -0.2) is 4.98 Å². The van der Waals surface area contributed by atoms with Crippen LogP contribution in [0, 0.1) is 5.92 Å². The van der Waals surface area contributed by atoms with Crippen LogP contribution >= 0.6 is 0 Å². The molecule has 0 bridgehead atoms. The summed E-state index contributed by atoms with van der Waals surface area (Å²) in [7, 11) is 0. The van der Waals surface area contributed by atoms with Crippen LogP contribution in [0.25, 0.3) is 0 Å². The summed E-state index contributed by atoms with van der Waals surface area (Å²) in [6.45, 7) is 4.22. The predicted molar refractivity (Wildman–Crippen MR) is 95.7 cm³/mol. The molecule has 0 spiro atoms. The van der Waals surface area contributed by atoms with Crippen molar-refractivity contribution in [2.75, 3.05) is 19.7 Å². The Balaban J connectivity index is 0.000000219. The lowest BCUT2D eigenvalue weighted by molar-refractivity contribution is -0.132. The number of H-pyrrole nitrogens is 1. The van der Waals surface area contributed by atoms with Crippen molar-refractivity contribution < 1.29 is 9.90 Å². The van der Waals surface area contributed by atoms with Gasteiger partial charge in [-0.15, -0.1) is 0 Å². The summed E-state index contributed by atoms with van der Waals surface area (Å²) in [6, 6.07) is 0. The SMILES string of the molecule is CCCC(=O)N1CCC(c2ncc[nH]2)CC1.OCC1CCCCC1. The first-order valence-electron chi connectivity index (χ1n) is 9.62. The Labute approximate surface area is 145 Å². The van der Waals surface area contributed by atoms with Crippen molar-refractivity contribution in [3.05, 3.63) is 18.2 Å². The highest BCUT2D eigenvalue weighted by Gasteiger charge is 2.24. The number of piperidine rings is 1. The highest BCUT2D eigenvalue weighted by Crippen LogP contribution is 2.25. The number of hydrogen-bond acceptors (Lipinski definition) is 3. The fraction of sp³-hybridized carbons (Fsp3) is 0.789. The largest absolute Gasteiger partial charge is 0.396 e. The van der Waals surface area contributed by atoms with Gasteiger partial charge in [-0.3, -0.25) is 4.79 Å². The molecule has 0 unspecified atom stereocenters. The molecule has 1 aromatic rings. The number of nitrogens with one attached hydrogen (secondary N) is 1. The molecule has 1 aliphatic carbocycles. The summed E-state index contributed by atoms with van der Waals surface area (Å²) < 4.78 is 0. The van der Waals surface area contributed by atoms with Crippen LogP contribution in [0.5, 0.6) is 0 Å². The van der Waals surface area contributed by atoms with Crippen LogP contribution < -0.4 is 0 Å². The number of aliphatic hydroxyl groups excluding tert-OH is 1. The quantitative estimate of drug-likeness (QED) is 0.885. The molecule has 0 radical (unpaired) electrons. The topological polar surface area (TPSA) is 69.2 Å². The van der Waals surface area contributed by atoms with Gasteiger partial charge in [0.05, 0.1) is 0 Å². The molecule has 1 aromatic heterocycles. The molecular weight excluding hydrogens is 302 g/mol. The molecular formula is C19H33N3O2. The van der Waals surface area contributed by atoms with Crippen molar-refractivity contribution >= 4 is 5.91 Å². The van der Waals surface area contributed by atoms with Gasteiger partial charge in [0, 0.05) is 44.4 Å². The van der Waals surface area contributed by atoms with Crippen LogP contribution in [0.15, 0.2) is 12.4 Å². The molecule has 0 atom stereocenters. The Morgan fingerprint density at radius 3 is 2.46 bits per heavy atom. The van der Waals surface area contributed by atoms with E-state index in [2.05, 4.69) is 9.97 Å². The van der Waals surface area contributed by atoms with Gasteiger partial charge in [0.25, 0.3) is 0 Å². The Bertz CT molecular complexity index is 447. The second-order valence-electron chi connectivity index (χ2n) is 7.07. The lowest BCUT2D eigenvalue weighted by Gasteiger charge is -2.31. The molecule has 1 saturated heterocycles. The van der Waals surface area contributed by atoms with E-state index >= 15 is 0 Å². The maximum absolute atomic E-state index is 11.7. The Morgan fingerprint density at radius 2 is 1.96 bits per heavy atom. The van der Waals surface area contributed by atoms with Gasteiger partial charge in [0.2, 0.25) is 5.91 Å². The van der Waals surface area contributed by atoms with Crippen LogP contribution in [0.2, 0.25) is 0 Å². The van der Waals surface area contributed by atoms with Gasteiger partial charge >= 0.3 is 0 Å². The molecule has 1 aliphatic heterocycles. The molecule has 5 heteroatoms. The number of aromatic amines is 1. The molecule has 2 N–H and O–H groups in total. The lowest BCUT2D eigenvalue weighted by atomic mass is 9.90. The van der Waals surface area contributed by atoms with Crippen LogP contribution in [-0.2, 0) is 4.79 Å². The summed E-state index contributed by atoms with van der Waals surface area (Å²) in [5.74, 6) is 2.52. The van der Waals surface area contributed by atoms with Gasteiger partial charge in [-0.1, -0.05) is 26.2 Å². The van der Waals surface area contributed by atoms with Gasteiger partial charge in [0.1, 0.15) is 5.82 Å². The van der Waals surface area contributed by atoms with E-state index in [0.717, 1.165) is 38.2 Å². The molecule has 136 valence electrons. The van der Waals surface area contributed by atoms with E-state index in [4.69, 9.17) is 5.11 Å². The maximum Gasteiger partial charge on any atom is 0.222 e. The second kappa shape index (κ2) is 10.5. The van der Waals surface area contributed by atoms with E-state index in [1.807, 2.05) is 18.0 Å². The number of aromatic nitrogens is 2. The number of rotatable bonds is 4. The molecule has 2 aliphatic rings. The minimum Gasteiger partial charge on any atom is -0.396 e. The third-order valence-corrected chi connectivity index (χ3v) is 5.20. The average molecular weight is 335 g/mol. The standard InChI is InChI=1S/C12H19N3O.C7H14O/c1-2-3-11(16)15-8-4-10(5-9-15)12-13-6-7-14-12;8-6-7-4-2-1-3-5-7/h6-7,10H,2-5,8-9H2,1H3,(H,13,14);7-8H,1-6H2. The van der Waals surface area contributed by atoms with Crippen LogP contribution in [-0.4, -0.2) is 45.6 Å². The van der Waals surface area contributed by atoms with Crippen LogP contribution in [0.4, 0.5) is 0 Å². The molecule has 1 saturated carbocycles. The molecule has 1 amide bonds. The molecule has 2 fully saturated rings. The number of amides is 1. The number of aliphatic hydroxyl groups is 1. The van der Waals surface area contributed by atoms with Crippen molar-refractivity contribution in [2.45, 2.75) is 70.6 Å². The first-order chi connectivity index (χ1) is 11.7. The number of imidazole rings is 1. The highest BCUT2D eigenvalue weighted by molar-refractivity contribution is 5.76. The van der Waals surface area contributed by atoms with E-state index in [0.29, 0.717) is 30.8 Å². The Hall–Kier alpha value is -1.36. The third kappa shape index (κ3) is 5.93. The molecule has 0 aromatic carbocycles. The Kier molecular flexibility index (Phi) is 8.29. The number of carbonyl (C=O) groups excluding carboxylic acids is 1. The lowest BCUT2D eigenvalue weighted by Crippen LogP contribution is -2.37. The van der Waals surface area contributed by atoms with Crippen molar-refractivity contribution in [1.82, 2.24) is 14.9 Å². The molecule has 24 heavy (non-hydrogen) atoms. The summed E-state index contributed by atoms with van der Waals surface area (Å²) in [4.78, 5) is 21.1. The van der Waals surface area contributed by atoms with E-state index in [9.17, 15) is 4.79 Å². The second-order valence-corrected chi connectivity index (χ2v) is 7.07. The molecule has 3 rings (SSSR count). The monoisotopic (exact) mass is 335 g/mol. The average Bonchev–Trinajstić information content (AvgIpc) is 3.18. The summed E-state index contributed by atoms with van der Waals surface area (Å²) >= 11 is 0. The van der Waals surface area contributed by atoms with Crippen molar-refractivity contribution in [3.8, 4) is 0 Å². The van der Waals surface area contributed by atoms with Crippen LogP contribution in [0.1, 0.15) is 76.5 Å². The predicted octanol–water partition coefficient (Wildman–Crippen LogP) is 3.47. The zero-order valence-corrected chi connectivity index (χ0v) is 15.0. The summed E-state index contributed by atoms with van der Waals surface area (Å²) in [6.07, 6.45) is 13.9. The van der Waals surface area contributed by atoms with Gasteiger partial charge in [-0.05, 0) is 38.0 Å². The fourth-order valence-corrected chi connectivity index (χ4v) is 3.64. The zero-order chi connectivity index (χ0) is 17.2. The minimum atomic E-state index is 0.306. The van der Waals surface area contributed by atoms with E-state index in [-0.39, 0.29) is 0 Å². The first-order valence-corrected chi connectivity index (χ1v) is 9.62. The maximum atomic E-state index is 11.7. The number of carbonyl (C=O) groups is 1. The van der Waals surface area contributed by atoms with Crippen molar-refractivity contribution in [3.63, 3.8) is 0 Å². The zero-order valence-electron chi connectivity index (χ0n) is 15.0. The first kappa shape index (κ1) is 19.0. The molecule has 2 heterocycles. The van der Waals surface area contributed by atoms with Gasteiger partial charge in [0.15, 0.2) is 0 Å². The number of hydrogen-bond donors (Lipinski definition) is 2. The summed E-state index contributed by atoms with van der Waals surface area (Å²) in [5.41, 5.74) is 0. The van der Waals surface area contributed by atoms with Crippen LogP contribution in [0.3, 0.4) is 0 Å². The number of nitrogens with zero attached hydrogens (tertiary/aromatic N) is 2. The van der Waals surface area contributed by atoms with E-state index in [1.54, 1.807) is 6.20 Å². The smallest absolute Gasteiger partial charge is 0.222 e. The Morgan fingerprint density at radius 1 is 1.25 bits per heavy atom. The highest BCUT2D eigenvalue weighted by atomic mass is 16.3. The number of likely N-dealkylation sites (tertiary alicyclic amines) is 1. The third-order valence-electron chi connectivity index (χ3n) is 5.20. The van der Waals surface area contributed by atoms with E-state index in [1.165, 1.54) is 32.1 Å². The normalized spacial score (nSPS) is 19.7. The minimum absolute atomic E-state index is 0.306. The summed E-state index contributed by atoms with van der Waals surface area (Å²) in [5, 5.41) is 8.69. The van der Waals surface area contributed by atoms with Crippen molar-refractivity contribution in [1.29, 1.82) is 0 Å². The molecule has 5 nitrogen and oxygen atoms in total.